The first-order valence-corrected chi connectivity index (χ1v) is 6.61. The smallest absolute Gasteiger partial charge is 0.151 e. The van der Waals surface area contributed by atoms with Crippen LogP contribution in [0.2, 0.25) is 0 Å². The standard InChI is InChI=1S/C15H18FN3O2/c1-10-6-14(11-4-3-5-12(16)7-11)18-19-15(10)17-8-13(20)9-21-2/h3-7,13,20H,8-9H2,1-2H3,(H,17,19). The normalized spacial score (nSPS) is 12.2. The summed E-state index contributed by atoms with van der Waals surface area (Å²) in [5, 5.41) is 20.8. The van der Waals surface area contributed by atoms with Gasteiger partial charge in [-0.05, 0) is 30.7 Å². The van der Waals surface area contributed by atoms with Crippen LogP contribution in [-0.4, -0.2) is 41.7 Å². The molecule has 0 aliphatic rings. The number of methoxy groups -OCH3 is 1. The summed E-state index contributed by atoms with van der Waals surface area (Å²) in [4.78, 5) is 0. The number of rotatable bonds is 6. The van der Waals surface area contributed by atoms with Crippen molar-refractivity contribution in [1.29, 1.82) is 0 Å². The van der Waals surface area contributed by atoms with Gasteiger partial charge in [-0.15, -0.1) is 10.2 Å². The summed E-state index contributed by atoms with van der Waals surface area (Å²) >= 11 is 0. The molecule has 6 heteroatoms. The van der Waals surface area contributed by atoms with Crippen molar-refractivity contribution >= 4 is 5.82 Å². The Morgan fingerprint density at radius 3 is 2.81 bits per heavy atom. The Bertz CT molecular complexity index is 607. The highest BCUT2D eigenvalue weighted by molar-refractivity contribution is 5.61. The monoisotopic (exact) mass is 291 g/mol. The molecular weight excluding hydrogens is 273 g/mol. The molecule has 21 heavy (non-hydrogen) atoms. The van der Waals surface area contributed by atoms with Gasteiger partial charge in [-0.1, -0.05) is 12.1 Å². The van der Waals surface area contributed by atoms with E-state index in [0.717, 1.165) is 5.56 Å². The van der Waals surface area contributed by atoms with Gasteiger partial charge < -0.3 is 15.2 Å². The number of halogens is 1. The van der Waals surface area contributed by atoms with Crippen LogP contribution in [0.15, 0.2) is 30.3 Å². The Morgan fingerprint density at radius 1 is 1.33 bits per heavy atom. The highest BCUT2D eigenvalue weighted by Gasteiger charge is 2.08. The zero-order valence-corrected chi connectivity index (χ0v) is 12.0. The SMILES string of the molecule is COCC(O)CNc1nnc(-c2cccc(F)c2)cc1C. The Labute approximate surface area is 122 Å². The van der Waals surface area contributed by atoms with E-state index >= 15 is 0 Å². The van der Waals surface area contributed by atoms with Crippen molar-refractivity contribution in [2.45, 2.75) is 13.0 Å². The van der Waals surface area contributed by atoms with E-state index < -0.39 is 6.10 Å². The molecule has 1 unspecified atom stereocenters. The van der Waals surface area contributed by atoms with Gasteiger partial charge >= 0.3 is 0 Å². The van der Waals surface area contributed by atoms with Crippen molar-refractivity contribution in [3.63, 3.8) is 0 Å². The molecule has 0 saturated heterocycles. The van der Waals surface area contributed by atoms with Crippen LogP contribution in [0.1, 0.15) is 5.56 Å². The number of nitrogens with zero attached hydrogens (tertiary/aromatic N) is 2. The molecule has 1 atom stereocenters. The van der Waals surface area contributed by atoms with Crippen LogP contribution < -0.4 is 5.32 Å². The number of anilines is 1. The third-order valence-electron chi connectivity index (χ3n) is 2.97. The van der Waals surface area contributed by atoms with E-state index in [0.29, 0.717) is 23.6 Å². The molecule has 2 N–H and O–H groups in total. The topological polar surface area (TPSA) is 67.3 Å². The molecule has 0 aliphatic heterocycles. The first kappa shape index (κ1) is 15.3. The number of aliphatic hydroxyl groups excluding tert-OH is 1. The van der Waals surface area contributed by atoms with E-state index in [1.54, 1.807) is 12.1 Å². The van der Waals surface area contributed by atoms with Gasteiger partial charge in [0.1, 0.15) is 5.82 Å². The zero-order chi connectivity index (χ0) is 15.2. The molecule has 2 aromatic rings. The summed E-state index contributed by atoms with van der Waals surface area (Å²) in [6.45, 7) is 2.45. The zero-order valence-electron chi connectivity index (χ0n) is 12.0. The van der Waals surface area contributed by atoms with Gasteiger partial charge in [0, 0.05) is 19.2 Å². The lowest BCUT2D eigenvalue weighted by Gasteiger charge is -2.12. The molecule has 112 valence electrons. The summed E-state index contributed by atoms with van der Waals surface area (Å²) in [5.74, 6) is 0.280. The molecule has 0 bridgehead atoms. The third-order valence-corrected chi connectivity index (χ3v) is 2.97. The second kappa shape index (κ2) is 7.10. The molecule has 0 saturated carbocycles. The third kappa shape index (κ3) is 4.21. The van der Waals surface area contributed by atoms with Gasteiger partial charge in [0.2, 0.25) is 0 Å². The van der Waals surface area contributed by atoms with Crippen LogP contribution in [0.25, 0.3) is 11.3 Å². The van der Waals surface area contributed by atoms with Gasteiger partial charge in [-0.2, -0.15) is 0 Å². The van der Waals surface area contributed by atoms with Crippen molar-refractivity contribution < 1.29 is 14.2 Å². The molecule has 1 aromatic heterocycles. The minimum absolute atomic E-state index is 0.251. The van der Waals surface area contributed by atoms with Crippen molar-refractivity contribution in [3.8, 4) is 11.3 Å². The highest BCUT2D eigenvalue weighted by atomic mass is 19.1. The predicted octanol–water partition coefficient (Wildman–Crippen LogP) is 2.01. The Kier molecular flexibility index (Phi) is 5.19. The number of benzene rings is 1. The average molecular weight is 291 g/mol. The van der Waals surface area contributed by atoms with Gasteiger partial charge in [0.25, 0.3) is 0 Å². The first-order chi connectivity index (χ1) is 10.1. The van der Waals surface area contributed by atoms with Gasteiger partial charge in [-0.3, -0.25) is 0 Å². The maximum absolute atomic E-state index is 13.2. The largest absolute Gasteiger partial charge is 0.389 e. The molecule has 0 radical (unpaired) electrons. The van der Waals surface area contributed by atoms with E-state index in [2.05, 4.69) is 15.5 Å². The lowest BCUT2D eigenvalue weighted by Crippen LogP contribution is -2.24. The van der Waals surface area contributed by atoms with Gasteiger partial charge in [0.05, 0.1) is 18.4 Å². The first-order valence-electron chi connectivity index (χ1n) is 6.61. The Hall–Kier alpha value is -2.05. The predicted molar refractivity (Wildman–Crippen MR) is 78.5 cm³/mol. The molecule has 0 fully saturated rings. The van der Waals surface area contributed by atoms with Crippen LogP contribution >= 0.6 is 0 Å². The van der Waals surface area contributed by atoms with E-state index in [-0.39, 0.29) is 12.4 Å². The van der Waals surface area contributed by atoms with E-state index in [1.807, 2.05) is 13.0 Å². The maximum Gasteiger partial charge on any atom is 0.151 e. The minimum atomic E-state index is -0.612. The molecule has 0 spiro atoms. The molecule has 0 aliphatic carbocycles. The van der Waals surface area contributed by atoms with E-state index in [4.69, 9.17) is 4.74 Å². The van der Waals surface area contributed by atoms with Crippen LogP contribution in [-0.2, 0) is 4.74 Å². The summed E-state index contributed by atoms with van der Waals surface area (Å²) in [6.07, 6.45) is -0.612. The van der Waals surface area contributed by atoms with E-state index in [9.17, 15) is 9.50 Å². The number of aryl methyl sites for hydroxylation is 1. The highest BCUT2D eigenvalue weighted by Crippen LogP contribution is 2.20. The van der Waals surface area contributed by atoms with Crippen LogP contribution in [0.5, 0.6) is 0 Å². The average Bonchev–Trinajstić information content (AvgIpc) is 2.46. The minimum Gasteiger partial charge on any atom is -0.389 e. The quantitative estimate of drug-likeness (QED) is 0.852. The molecule has 5 nitrogen and oxygen atoms in total. The van der Waals surface area contributed by atoms with Gasteiger partial charge in [0.15, 0.2) is 5.82 Å². The molecule has 1 aromatic carbocycles. The van der Waals surface area contributed by atoms with Crippen molar-refractivity contribution in [2.24, 2.45) is 0 Å². The Morgan fingerprint density at radius 2 is 2.14 bits per heavy atom. The summed E-state index contributed by atoms with van der Waals surface area (Å²) in [7, 11) is 1.53. The molecular formula is C15H18FN3O2. The number of aliphatic hydroxyl groups is 1. The Balaban J connectivity index is 2.10. The summed E-state index contributed by atoms with van der Waals surface area (Å²) in [6, 6.07) is 8.04. The lowest BCUT2D eigenvalue weighted by atomic mass is 10.1. The lowest BCUT2D eigenvalue weighted by molar-refractivity contribution is 0.0727. The van der Waals surface area contributed by atoms with Crippen molar-refractivity contribution in [3.05, 3.63) is 41.7 Å². The number of hydrogen-bond acceptors (Lipinski definition) is 5. The fourth-order valence-corrected chi connectivity index (χ4v) is 1.91. The van der Waals surface area contributed by atoms with Crippen molar-refractivity contribution in [1.82, 2.24) is 10.2 Å². The van der Waals surface area contributed by atoms with Crippen LogP contribution in [0.4, 0.5) is 10.2 Å². The number of hydrogen-bond donors (Lipinski definition) is 2. The van der Waals surface area contributed by atoms with Crippen LogP contribution in [0, 0.1) is 12.7 Å². The number of ether oxygens (including phenoxy) is 1. The molecule has 2 rings (SSSR count). The van der Waals surface area contributed by atoms with Gasteiger partial charge in [-0.25, -0.2) is 4.39 Å². The van der Waals surface area contributed by atoms with E-state index in [1.165, 1.54) is 19.2 Å². The number of aromatic nitrogens is 2. The fourth-order valence-electron chi connectivity index (χ4n) is 1.91. The van der Waals surface area contributed by atoms with Crippen LogP contribution in [0.3, 0.4) is 0 Å². The maximum atomic E-state index is 13.2. The number of nitrogens with one attached hydrogen (secondary N) is 1. The summed E-state index contributed by atoms with van der Waals surface area (Å²) < 4.78 is 18.1. The molecule has 1 heterocycles. The van der Waals surface area contributed by atoms with Crippen molar-refractivity contribution in [2.75, 3.05) is 25.6 Å². The summed E-state index contributed by atoms with van der Waals surface area (Å²) in [5.41, 5.74) is 2.15. The second-order valence-electron chi connectivity index (χ2n) is 4.76. The second-order valence-corrected chi connectivity index (χ2v) is 4.76. The molecule has 0 amide bonds. The fraction of sp³-hybridized carbons (Fsp3) is 0.333.